The predicted octanol–water partition coefficient (Wildman–Crippen LogP) is 0.377. The van der Waals surface area contributed by atoms with E-state index in [9.17, 15) is 9.59 Å². The molecule has 1 aliphatic heterocycles. The van der Waals surface area contributed by atoms with Crippen molar-refractivity contribution in [1.82, 2.24) is 10.2 Å². The summed E-state index contributed by atoms with van der Waals surface area (Å²) >= 11 is 0. The van der Waals surface area contributed by atoms with E-state index in [4.69, 9.17) is 0 Å². The Morgan fingerprint density at radius 2 is 2.00 bits per heavy atom. The molecule has 0 aliphatic carbocycles. The van der Waals surface area contributed by atoms with Crippen LogP contribution in [0, 0.1) is 0 Å². The van der Waals surface area contributed by atoms with Crippen molar-refractivity contribution in [1.29, 1.82) is 0 Å². The average molecular weight is 290 g/mol. The summed E-state index contributed by atoms with van der Waals surface area (Å²) in [6.45, 7) is 6.49. The number of rotatable bonds is 5. The highest BCUT2D eigenvalue weighted by molar-refractivity contribution is 5.96. The minimum absolute atomic E-state index is 0.110. The number of hydrogen-bond donors (Lipinski definition) is 2. The molecule has 1 saturated heterocycles. The standard InChI is InChI=1S/C16H23N3O2/c1-12(2)14-6-4-13(5-7-14)10-18(3)11-15(20)19-9-8-17-16(19)21/h4-7,12H,8-11H2,1-3H3,(H,17,21)/p+1. The maximum absolute atomic E-state index is 12.0. The molecule has 5 nitrogen and oxygen atoms in total. The molecule has 1 aromatic rings. The highest BCUT2D eigenvalue weighted by Crippen LogP contribution is 2.14. The lowest BCUT2D eigenvalue weighted by molar-refractivity contribution is -0.885. The number of quaternary nitrogens is 1. The number of amides is 3. The van der Waals surface area contributed by atoms with E-state index in [0.29, 0.717) is 25.6 Å². The smallest absolute Gasteiger partial charge is 0.324 e. The number of nitrogens with one attached hydrogen (secondary N) is 2. The first-order valence-electron chi connectivity index (χ1n) is 7.45. The maximum Gasteiger partial charge on any atom is 0.324 e. The van der Waals surface area contributed by atoms with Crippen LogP contribution >= 0.6 is 0 Å². The minimum Gasteiger partial charge on any atom is -0.336 e. The van der Waals surface area contributed by atoms with Crippen LogP contribution in [0.4, 0.5) is 4.79 Å². The Kier molecular flexibility index (Phi) is 4.96. The van der Waals surface area contributed by atoms with Gasteiger partial charge in [-0.05, 0) is 11.5 Å². The van der Waals surface area contributed by atoms with Gasteiger partial charge in [-0.15, -0.1) is 0 Å². The molecule has 0 spiro atoms. The number of imide groups is 1. The van der Waals surface area contributed by atoms with Crippen molar-refractivity contribution in [2.75, 3.05) is 26.7 Å². The van der Waals surface area contributed by atoms with Gasteiger partial charge < -0.3 is 10.2 Å². The lowest BCUT2D eigenvalue weighted by Gasteiger charge is -2.17. The Balaban J connectivity index is 1.87. The zero-order valence-electron chi connectivity index (χ0n) is 13.0. The van der Waals surface area contributed by atoms with Crippen LogP contribution in [0.1, 0.15) is 30.9 Å². The van der Waals surface area contributed by atoms with Crippen molar-refractivity contribution < 1.29 is 14.5 Å². The average Bonchev–Trinajstić information content (AvgIpc) is 2.85. The van der Waals surface area contributed by atoms with Crippen LogP contribution in [0.15, 0.2) is 24.3 Å². The fourth-order valence-corrected chi connectivity index (χ4v) is 2.49. The molecule has 0 radical (unpaired) electrons. The molecular formula is C16H24N3O2+. The fraction of sp³-hybridized carbons (Fsp3) is 0.500. The van der Waals surface area contributed by atoms with Crippen molar-refractivity contribution in [3.8, 4) is 0 Å². The maximum atomic E-state index is 12.0. The molecule has 1 aliphatic rings. The predicted molar refractivity (Wildman–Crippen MR) is 81.1 cm³/mol. The minimum atomic E-state index is -0.269. The lowest BCUT2D eigenvalue weighted by atomic mass is 10.0. The summed E-state index contributed by atoms with van der Waals surface area (Å²) in [5.41, 5.74) is 2.52. The Hall–Kier alpha value is -1.88. The highest BCUT2D eigenvalue weighted by atomic mass is 16.2. The zero-order valence-corrected chi connectivity index (χ0v) is 13.0. The number of benzene rings is 1. The molecule has 114 valence electrons. The van der Waals surface area contributed by atoms with E-state index < -0.39 is 0 Å². The summed E-state index contributed by atoms with van der Waals surface area (Å²) in [6, 6.07) is 8.25. The van der Waals surface area contributed by atoms with E-state index in [1.54, 1.807) is 0 Å². The van der Waals surface area contributed by atoms with Crippen LogP contribution in [0.5, 0.6) is 0 Å². The molecule has 1 aromatic carbocycles. The topological polar surface area (TPSA) is 53.9 Å². The first-order chi connectivity index (χ1) is 9.97. The van der Waals surface area contributed by atoms with Crippen LogP contribution in [-0.2, 0) is 11.3 Å². The molecule has 2 N–H and O–H groups in total. The summed E-state index contributed by atoms with van der Waals surface area (Å²) in [5.74, 6) is 0.417. The van der Waals surface area contributed by atoms with Crippen LogP contribution in [0.3, 0.4) is 0 Å². The Bertz CT molecular complexity index is 511. The molecule has 1 heterocycles. The van der Waals surface area contributed by atoms with Crippen molar-refractivity contribution in [3.63, 3.8) is 0 Å². The number of carbonyl (C=O) groups is 2. The van der Waals surface area contributed by atoms with E-state index in [-0.39, 0.29) is 11.9 Å². The van der Waals surface area contributed by atoms with Crippen molar-refractivity contribution >= 4 is 11.9 Å². The summed E-state index contributed by atoms with van der Waals surface area (Å²) in [4.78, 5) is 25.9. The molecule has 1 unspecified atom stereocenters. The van der Waals surface area contributed by atoms with Gasteiger partial charge in [-0.1, -0.05) is 38.1 Å². The molecule has 0 bridgehead atoms. The van der Waals surface area contributed by atoms with E-state index in [0.717, 1.165) is 11.4 Å². The molecule has 1 atom stereocenters. The normalized spacial score (nSPS) is 16.2. The van der Waals surface area contributed by atoms with Gasteiger partial charge in [-0.25, -0.2) is 4.79 Å². The fourth-order valence-electron chi connectivity index (χ4n) is 2.49. The number of likely N-dealkylation sites (N-methyl/N-ethyl adjacent to an activating group) is 1. The van der Waals surface area contributed by atoms with Crippen LogP contribution in [0.2, 0.25) is 0 Å². The van der Waals surface area contributed by atoms with Crippen molar-refractivity contribution in [2.45, 2.75) is 26.3 Å². The van der Waals surface area contributed by atoms with Crippen LogP contribution < -0.4 is 10.2 Å². The Morgan fingerprint density at radius 1 is 1.33 bits per heavy atom. The van der Waals surface area contributed by atoms with Crippen molar-refractivity contribution in [2.24, 2.45) is 0 Å². The van der Waals surface area contributed by atoms with Crippen LogP contribution in [-0.4, -0.2) is 43.5 Å². The number of urea groups is 1. The molecule has 0 saturated carbocycles. The first kappa shape index (κ1) is 15.5. The second-order valence-corrected chi connectivity index (χ2v) is 5.98. The van der Waals surface area contributed by atoms with Gasteiger partial charge in [0, 0.05) is 18.7 Å². The monoisotopic (exact) mass is 290 g/mol. The molecule has 0 aromatic heterocycles. The highest BCUT2D eigenvalue weighted by Gasteiger charge is 2.28. The number of hydrogen-bond acceptors (Lipinski definition) is 2. The second-order valence-electron chi connectivity index (χ2n) is 5.98. The third kappa shape index (κ3) is 4.04. The van der Waals surface area contributed by atoms with E-state index in [2.05, 4.69) is 43.4 Å². The quantitative estimate of drug-likeness (QED) is 0.823. The summed E-state index contributed by atoms with van der Waals surface area (Å²) in [5, 5.41) is 2.65. The van der Waals surface area contributed by atoms with E-state index in [1.165, 1.54) is 16.0 Å². The molecular weight excluding hydrogens is 266 g/mol. The largest absolute Gasteiger partial charge is 0.336 e. The lowest BCUT2D eigenvalue weighted by Crippen LogP contribution is -3.08. The zero-order chi connectivity index (χ0) is 15.4. The Morgan fingerprint density at radius 3 is 2.52 bits per heavy atom. The second kappa shape index (κ2) is 6.72. The molecule has 3 amide bonds. The summed E-state index contributed by atoms with van der Waals surface area (Å²) < 4.78 is 0. The van der Waals surface area contributed by atoms with Crippen LogP contribution in [0.25, 0.3) is 0 Å². The first-order valence-corrected chi connectivity index (χ1v) is 7.45. The molecule has 2 rings (SSSR count). The van der Waals surface area contributed by atoms with Gasteiger partial charge in [0.25, 0.3) is 5.91 Å². The van der Waals surface area contributed by atoms with Gasteiger partial charge in [0.15, 0.2) is 6.54 Å². The van der Waals surface area contributed by atoms with Gasteiger partial charge in [0.05, 0.1) is 7.05 Å². The van der Waals surface area contributed by atoms with Crippen molar-refractivity contribution in [3.05, 3.63) is 35.4 Å². The third-order valence-electron chi connectivity index (χ3n) is 3.76. The van der Waals surface area contributed by atoms with Gasteiger partial charge >= 0.3 is 6.03 Å². The number of nitrogens with zero attached hydrogens (tertiary/aromatic N) is 1. The molecule has 21 heavy (non-hydrogen) atoms. The molecule has 1 fully saturated rings. The SMILES string of the molecule is CC(C)c1ccc(C[NH+](C)CC(=O)N2CCNC2=O)cc1. The Labute approximate surface area is 125 Å². The van der Waals surface area contributed by atoms with E-state index in [1.807, 2.05) is 7.05 Å². The van der Waals surface area contributed by atoms with Gasteiger partial charge in [0.2, 0.25) is 0 Å². The number of carbonyl (C=O) groups excluding carboxylic acids is 2. The third-order valence-corrected chi connectivity index (χ3v) is 3.76. The molecule has 5 heteroatoms. The van der Waals surface area contributed by atoms with E-state index >= 15 is 0 Å². The summed E-state index contributed by atoms with van der Waals surface area (Å²) in [7, 11) is 1.97. The van der Waals surface area contributed by atoms with Gasteiger partial charge in [-0.2, -0.15) is 0 Å². The van der Waals surface area contributed by atoms with Gasteiger partial charge in [-0.3, -0.25) is 9.69 Å². The summed E-state index contributed by atoms with van der Waals surface area (Å²) in [6.07, 6.45) is 0. The van der Waals surface area contributed by atoms with Gasteiger partial charge in [0.1, 0.15) is 6.54 Å².